The molecule has 0 saturated carbocycles. The standard InChI is InChI=1S/C19H21FN4O4S/c20-15-3-1-13(2-4-15)16-11-17(22-21-16)19(26)24-8-6-23(7-9-24)18(25)14-5-10-29(27,28)12-14/h1-4,11,14H,5-10,12H2,(H,21,22)/t14-/m0/s1. The molecule has 4 rings (SSSR count). The second kappa shape index (κ2) is 7.58. The monoisotopic (exact) mass is 420 g/mol. The van der Waals surface area contributed by atoms with E-state index in [1.807, 2.05) is 0 Å². The quantitative estimate of drug-likeness (QED) is 0.796. The van der Waals surface area contributed by atoms with Crippen LogP contribution < -0.4 is 0 Å². The van der Waals surface area contributed by atoms with Crippen LogP contribution in [0.4, 0.5) is 4.39 Å². The number of sulfone groups is 1. The molecule has 1 aromatic heterocycles. The largest absolute Gasteiger partial charge is 0.339 e. The van der Waals surface area contributed by atoms with Gasteiger partial charge in [0, 0.05) is 31.7 Å². The summed E-state index contributed by atoms with van der Waals surface area (Å²) in [6.45, 7) is 1.49. The van der Waals surface area contributed by atoms with Gasteiger partial charge in [-0.15, -0.1) is 0 Å². The molecule has 0 aliphatic carbocycles. The molecular formula is C19H21FN4O4S. The van der Waals surface area contributed by atoms with Gasteiger partial charge in [-0.3, -0.25) is 14.7 Å². The van der Waals surface area contributed by atoms with Crippen molar-refractivity contribution in [1.29, 1.82) is 0 Å². The minimum atomic E-state index is -3.11. The zero-order chi connectivity index (χ0) is 20.6. The number of H-pyrrole nitrogens is 1. The number of nitrogens with one attached hydrogen (secondary N) is 1. The number of carbonyl (C=O) groups excluding carboxylic acids is 2. The molecule has 2 amide bonds. The third kappa shape index (κ3) is 4.16. The van der Waals surface area contributed by atoms with Crippen molar-refractivity contribution in [2.75, 3.05) is 37.7 Å². The first-order valence-corrected chi connectivity index (χ1v) is 11.2. The van der Waals surface area contributed by atoms with Crippen LogP contribution in [-0.2, 0) is 14.6 Å². The predicted molar refractivity (Wildman–Crippen MR) is 103 cm³/mol. The molecular weight excluding hydrogens is 399 g/mol. The molecule has 10 heteroatoms. The lowest BCUT2D eigenvalue weighted by molar-refractivity contribution is -0.136. The van der Waals surface area contributed by atoms with E-state index >= 15 is 0 Å². The maximum absolute atomic E-state index is 13.1. The van der Waals surface area contributed by atoms with Gasteiger partial charge in [0.15, 0.2) is 9.84 Å². The first-order chi connectivity index (χ1) is 13.8. The van der Waals surface area contributed by atoms with Crippen molar-refractivity contribution < 1.29 is 22.4 Å². The molecule has 2 aliphatic rings. The molecule has 154 valence electrons. The number of hydrogen-bond acceptors (Lipinski definition) is 5. The van der Waals surface area contributed by atoms with E-state index in [9.17, 15) is 22.4 Å². The lowest BCUT2D eigenvalue weighted by Crippen LogP contribution is -2.52. The van der Waals surface area contributed by atoms with Crippen molar-refractivity contribution in [1.82, 2.24) is 20.0 Å². The number of carbonyl (C=O) groups is 2. The number of aromatic amines is 1. The molecule has 8 nitrogen and oxygen atoms in total. The summed E-state index contributed by atoms with van der Waals surface area (Å²) >= 11 is 0. The van der Waals surface area contributed by atoms with Gasteiger partial charge in [-0.1, -0.05) is 0 Å². The molecule has 2 fully saturated rings. The Kier molecular flexibility index (Phi) is 5.12. The van der Waals surface area contributed by atoms with E-state index in [4.69, 9.17) is 0 Å². The highest BCUT2D eigenvalue weighted by Gasteiger charge is 2.36. The van der Waals surface area contributed by atoms with Gasteiger partial charge in [0.25, 0.3) is 5.91 Å². The molecule has 0 unspecified atom stereocenters. The number of hydrogen-bond donors (Lipinski definition) is 1. The molecule has 1 aromatic carbocycles. The topological polar surface area (TPSA) is 103 Å². The Labute approximate surface area is 167 Å². The smallest absolute Gasteiger partial charge is 0.272 e. The van der Waals surface area contributed by atoms with Gasteiger partial charge in [0.1, 0.15) is 11.5 Å². The highest BCUT2D eigenvalue weighted by Crippen LogP contribution is 2.22. The van der Waals surface area contributed by atoms with Crippen molar-refractivity contribution in [3.63, 3.8) is 0 Å². The van der Waals surface area contributed by atoms with Crippen molar-refractivity contribution in [2.24, 2.45) is 5.92 Å². The van der Waals surface area contributed by atoms with Gasteiger partial charge >= 0.3 is 0 Å². The minimum absolute atomic E-state index is 0.0675. The van der Waals surface area contributed by atoms with Crippen LogP contribution in [0.5, 0.6) is 0 Å². The molecule has 2 saturated heterocycles. The summed E-state index contributed by atoms with van der Waals surface area (Å²) in [6.07, 6.45) is 0.376. The molecule has 29 heavy (non-hydrogen) atoms. The second-order valence-corrected chi connectivity index (χ2v) is 9.62. The number of piperazine rings is 1. The molecule has 2 aromatic rings. The van der Waals surface area contributed by atoms with Gasteiger partial charge in [-0.05, 0) is 36.8 Å². The van der Waals surface area contributed by atoms with E-state index in [1.54, 1.807) is 28.0 Å². The van der Waals surface area contributed by atoms with E-state index in [0.29, 0.717) is 49.6 Å². The second-order valence-electron chi connectivity index (χ2n) is 7.39. The molecule has 0 bridgehead atoms. The fourth-order valence-corrected chi connectivity index (χ4v) is 5.48. The fourth-order valence-electron chi connectivity index (χ4n) is 3.75. The maximum Gasteiger partial charge on any atom is 0.272 e. The summed E-state index contributed by atoms with van der Waals surface area (Å²) in [6, 6.07) is 7.46. The average molecular weight is 420 g/mol. The normalized spacial score (nSPS) is 21.3. The van der Waals surface area contributed by atoms with E-state index < -0.39 is 15.8 Å². The molecule has 0 spiro atoms. The Morgan fingerprint density at radius 3 is 2.34 bits per heavy atom. The number of nitrogens with zero attached hydrogens (tertiary/aromatic N) is 3. The number of rotatable bonds is 3. The Hall–Kier alpha value is -2.75. The Balaban J connectivity index is 1.36. The van der Waals surface area contributed by atoms with Gasteiger partial charge in [-0.25, -0.2) is 12.8 Å². The zero-order valence-electron chi connectivity index (χ0n) is 15.7. The number of halogens is 1. The minimum Gasteiger partial charge on any atom is -0.339 e. The van der Waals surface area contributed by atoms with E-state index in [0.717, 1.165) is 0 Å². The summed E-state index contributed by atoms with van der Waals surface area (Å²) in [4.78, 5) is 28.5. The Morgan fingerprint density at radius 2 is 1.72 bits per heavy atom. The summed E-state index contributed by atoms with van der Waals surface area (Å²) in [5, 5.41) is 6.85. The summed E-state index contributed by atoms with van der Waals surface area (Å²) < 4.78 is 36.2. The predicted octanol–water partition coefficient (Wildman–Crippen LogP) is 0.935. The zero-order valence-corrected chi connectivity index (χ0v) is 16.5. The van der Waals surface area contributed by atoms with Gasteiger partial charge in [-0.2, -0.15) is 5.10 Å². The van der Waals surface area contributed by atoms with Crippen LogP contribution in [0.2, 0.25) is 0 Å². The van der Waals surface area contributed by atoms with E-state index in [1.165, 1.54) is 12.1 Å². The highest BCUT2D eigenvalue weighted by atomic mass is 32.2. The van der Waals surface area contributed by atoms with Gasteiger partial charge in [0.2, 0.25) is 5.91 Å². The van der Waals surface area contributed by atoms with E-state index in [2.05, 4.69) is 10.2 Å². The Bertz CT molecular complexity index is 1030. The number of benzene rings is 1. The third-order valence-corrected chi connectivity index (χ3v) is 7.18. The first kappa shape index (κ1) is 19.6. The van der Waals surface area contributed by atoms with Crippen LogP contribution in [-0.4, -0.2) is 77.9 Å². The van der Waals surface area contributed by atoms with Crippen LogP contribution in [0.3, 0.4) is 0 Å². The molecule has 1 atom stereocenters. The molecule has 2 aliphatic heterocycles. The van der Waals surface area contributed by atoms with Crippen LogP contribution in [0.25, 0.3) is 11.3 Å². The number of amides is 2. The van der Waals surface area contributed by atoms with Gasteiger partial charge < -0.3 is 9.80 Å². The van der Waals surface area contributed by atoms with Crippen molar-refractivity contribution in [3.05, 3.63) is 41.8 Å². The molecule has 1 N–H and O–H groups in total. The van der Waals surface area contributed by atoms with Crippen molar-refractivity contribution >= 4 is 21.7 Å². The third-order valence-electron chi connectivity index (χ3n) is 5.41. The van der Waals surface area contributed by atoms with Crippen LogP contribution >= 0.6 is 0 Å². The first-order valence-electron chi connectivity index (χ1n) is 9.42. The van der Waals surface area contributed by atoms with Crippen molar-refractivity contribution in [3.8, 4) is 11.3 Å². The SMILES string of the molecule is O=C(c1cc(-c2ccc(F)cc2)n[nH]1)N1CCN(C(=O)[C@H]2CCS(=O)(=O)C2)CC1. The summed E-state index contributed by atoms with van der Waals surface area (Å²) in [5.74, 6) is -1.18. The summed E-state index contributed by atoms with van der Waals surface area (Å²) in [7, 11) is -3.11. The fraction of sp³-hybridized carbons (Fsp3) is 0.421. The lowest BCUT2D eigenvalue weighted by Gasteiger charge is -2.35. The maximum atomic E-state index is 13.1. The van der Waals surface area contributed by atoms with E-state index in [-0.39, 0.29) is 29.1 Å². The van der Waals surface area contributed by atoms with Crippen LogP contribution in [0.1, 0.15) is 16.9 Å². The Morgan fingerprint density at radius 1 is 1.07 bits per heavy atom. The molecule has 3 heterocycles. The lowest BCUT2D eigenvalue weighted by atomic mass is 10.1. The van der Waals surface area contributed by atoms with Gasteiger partial charge in [0.05, 0.1) is 23.1 Å². The van der Waals surface area contributed by atoms with Crippen LogP contribution in [0, 0.1) is 11.7 Å². The molecule has 0 radical (unpaired) electrons. The number of aromatic nitrogens is 2. The highest BCUT2D eigenvalue weighted by molar-refractivity contribution is 7.91. The van der Waals surface area contributed by atoms with Crippen LogP contribution in [0.15, 0.2) is 30.3 Å². The van der Waals surface area contributed by atoms with Crippen molar-refractivity contribution in [2.45, 2.75) is 6.42 Å². The average Bonchev–Trinajstić information content (AvgIpc) is 3.34. The summed E-state index contributed by atoms with van der Waals surface area (Å²) in [5.41, 5.74) is 1.57.